The number of piperazine rings is 1. The first-order chi connectivity index (χ1) is 10.8. The van der Waals surface area contributed by atoms with E-state index in [0.717, 1.165) is 56.1 Å². The molecule has 2 heterocycles. The molecule has 1 saturated heterocycles. The monoisotopic (exact) mass is 317 g/mol. The van der Waals surface area contributed by atoms with E-state index in [1.807, 2.05) is 23.1 Å². The van der Waals surface area contributed by atoms with Crippen LogP contribution in [0.25, 0.3) is 10.2 Å². The van der Waals surface area contributed by atoms with Crippen molar-refractivity contribution < 1.29 is 4.79 Å². The van der Waals surface area contributed by atoms with Gasteiger partial charge in [-0.1, -0.05) is 19.1 Å². The Morgan fingerprint density at radius 3 is 2.73 bits per heavy atom. The zero-order valence-electron chi connectivity index (χ0n) is 13.1. The molecule has 1 amide bonds. The van der Waals surface area contributed by atoms with Crippen LogP contribution in [-0.2, 0) is 11.2 Å². The van der Waals surface area contributed by atoms with Gasteiger partial charge in [0.1, 0.15) is 0 Å². The van der Waals surface area contributed by atoms with Gasteiger partial charge < -0.3 is 9.80 Å². The highest BCUT2D eigenvalue weighted by Crippen LogP contribution is 2.22. The molecule has 0 atom stereocenters. The Morgan fingerprint density at radius 1 is 1.23 bits per heavy atom. The Bertz CT molecular complexity index is 599. The normalized spacial score (nSPS) is 16.3. The Kier molecular flexibility index (Phi) is 5.05. The predicted molar refractivity (Wildman–Crippen MR) is 91.3 cm³/mol. The minimum atomic E-state index is 0.303. The Labute approximate surface area is 135 Å². The molecule has 4 nitrogen and oxygen atoms in total. The number of likely N-dealkylation sites (N-methyl/N-ethyl adjacent to an activating group) is 1. The summed E-state index contributed by atoms with van der Waals surface area (Å²) >= 11 is 1.75. The molecule has 0 saturated carbocycles. The first-order valence-corrected chi connectivity index (χ1v) is 8.92. The summed E-state index contributed by atoms with van der Waals surface area (Å²) in [7, 11) is 0. The third-order valence-corrected chi connectivity index (χ3v) is 5.39. The summed E-state index contributed by atoms with van der Waals surface area (Å²) in [6, 6.07) is 8.22. The van der Waals surface area contributed by atoms with Crippen LogP contribution >= 0.6 is 11.3 Å². The van der Waals surface area contributed by atoms with Gasteiger partial charge >= 0.3 is 0 Å². The van der Waals surface area contributed by atoms with Gasteiger partial charge in [0, 0.05) is 32.6 Å². The van der Waals surface area contributed by atoms with Gasteiger partial charge in [-0.25, -0.2) is 4.98 Å². The van der Waals surface area contributed by atoms with E-state index < -0.39 is 0 Å². The van der Waals surface area contributed by atoms with Crippen LogP contribution < -0.4 is 0 Å². The van der Waals surface area contributed by atoms with Gasteiger partial charge in [0.15, 0.2) is 0 Å². The van der Waals surface area contributed by atoms with Crippen molar-refractivity contribution in [2.45, 2.75) is 26.2 Å². The summed E-state index contributed by atoms with van der Waals surface area (Å²) in [6.45, 7) is 7.05. The van der Waals surface area contributed by atoms with Crippen LogP contribution in [0.1, 0.15) is 24.8 Å². The lowest BCUT2D eigenvalue weighted by molar-refractivity contribution is -0.133. The summed E-state index contributed by atoms with van der Waals surface area (Å²) in [6.07, 6.45) is 2.44. The Morgan fingerprint density at radius 2 is 2.00 bits per heavy atom. The minimum Gasteiger partial charge on any atom is -0.340 e. The van der Waals surface area contributed by atoms with Crippen LogP contribution in [0.3, 0.4) is 0 Å². The molecule has 1 fully saturated rings. The van der Waals surface area contributed by atoms with Crippen molar-refractivity contribution >= 4 is 27.5 Å². The predicted octanol–water partition coefficient (Wildman–Crippen LogP) is 2.78. The topological polar surface area (TPSA) is 36.4 Å². The molecule has 118 valence electrons. The molecule has 0 unspecified atom stereocenters. The highest BCUT2D eigenvalue weighted by molar-refractivity contribution is 7.18. The van der Waals surface area contributed by atoms with Gasteiger partial charge in [-0.05, 0) is 31.5 Å². The molecule has 5 heteroatoms. The highest BCUT2D eigenvalue weighted by atomic mass is 32.1. The number of carbonyl (C=O) groups is 1. The van der Waals surface area contributed by atoms with E-state index in [2.05, 4.69) is 22.9 Å². The molecule has 0 aliphatic carbocycles. The van der Waals surface area contributed by atoms with Gasteiger partial charge in [-0.2, -0.15) is 0 Å². The summed E-state index contributed by atoms with van der Waals surface area (Å²) in [4.78, 5) is 21.3. The van der Waals surface area contributed by atoms with Crippen molar-refractivity contribution in [2.75, 3.05) is 32.7 Å². The van der Waals surface area contributed by atoms with E-state index in [0.29, 0.717) is 12.3 Å². The fraction of sp³-hybridized carbons (Fsp3) is 0.529. The van der Waals surface area contributed by atoms with Crippen molar-refractivity contribution in [3.8, 4) is 0 Å². The number of thiazole rings is 1. The molecule has 1 aromatic carbocycles. The number of hydrogen-bond donors (Lipinski definition) is 0. The molecule has 0 bridgehead atoms. The zero-order valence-corrected chi connectivity index (χ0v) is 13.9. The molecule has 22 heavy (non-hydrogen) atoms. The molecule has 3 rings (SSSR count). The second kappa shape index (κ2) is 7.20. The molecular formula is C17H23N3OS. The maximum Gasteiger partial charge on any atom is 0.222 e. The highest BCUT2D eigenvalue weighted by Gasteiger charge is 2.19. The number of hydrogen-bond acceptors (Lipinski definition) is 4. The van der Waals surface area contributed by atoms with Crippen LogP contribution in [0.4, 0.5) is 0 Å². The Balaban J connectivity index is 1.45. The quantitative estimate of drug-likeness (QED) is 0.851. The smallest absolute Gasteiger partial charge is 0.222 e. The third kappa shape index (κ3) is 3.65. The van der Waals surface area contributed by atoms with Crippen LogP contribution in [0.15, 0.2) is 24.3 Å². The summed E-state index contributed by atoms with van der Waals surface area (Å²) < 4.78 is 1.24. The van der Waals surface area contributed by atoms with E-state index in [-0.39, 0.29) is 0 Å². The standard InChI is InChI=1S/C17H23N3OS/c1-2-19-10-12-20(13-11-19)17(21)9-5-8-16-18-14-6-3-4-7-15(14)22-16/h3-4,6-7H,2,5,8-13H2,1H3. The fourth-order valence-corrected chi connectivity index (χ4v) is 3.90. The molecule has 2 aromatic rings. The Hall–Kier alpha value is -1.46. The molecule has 0 radical (unpaired) electrons. The second-order valence-corrected chi connectivity index (χ2v) is 6.86. The van der Waals surface area contributed by atoms with Crippen LogP contribution in [0, 0.1) is 0 Å². The lowest BCUT2D eigenvalue weighted by atomic mass is 10.2. The first-order valence-electron chi connectivity index (χ1n) is 8.11. The molecule has 1 aliphatic rings. The summed E-state index contributed by atoms with van der Waals surface area (Å²) in [5.74, 6) is 0.303. The summed E-state index contributed by atoms with van der Waals surface area (Å²) in [5, 5.41) is 1.14. The number of aromatic nitrogens is 1. The van der Waals surface area contributed by atoms with Crippen LogP contribution in [0.5, 0.6) is 0 Å². The maximum atomic E-state index is 12.2. The minimum absolute atomic E-state index is 0.303. The number of benzene rings is 1. The molecule has 0 N–H and O–H groups in total. The van der Waals surface area contributed by atoms with Gasteiger partial charge in [-0.3, -0.25) is 4.79 Å². The molecule has 1 aliphatic heterocycles. The number of amides is 1. The van der Waals surface area contributed by atoms with Crippen molar-refractivity contribution in [3.63, 3.8) is 0 Å². The number of fused-ring (bicyclic) bond motifs is 1. The van der Waals surface area contributed by atoms with E-state index in [9.17, 15) is 4.79 Å². The average Bonchev–Trinajstić information content (AvgIpc) is 2.97. The maximum absolute atomic E-state index is 12.2. The second-order valence-electron chi connectivity index (χ2n) is 5.74. The molecule has 1 aromatic heterocycles. The van der Waals surface area contributed by atoms with E-state index in [1.54, 1.807) is 11.3 Å². The number of nitrogens with zero attached hydrogens (tertiary/aromatic N) is 3. The van der Waals surface area contributed by atoms with E-state index in [1.165, 1.54) is 4.70 Å². The van der Waals surface area contributed by atoms with Gasteiger partial charge in [0.2, 0.25) is 5.91 Å². The SMILES string of the molecule is CCN1CCN(C(=O)CCCc2nc3ccccc3s2)CC1. The number of carbonyl (C=O) groups excluding carboxylic acids is 1. The van der Waals surface area contributed by atoms with E-state index in [4.69, 9.17) is 0 Å². The zero-order chi connectivity index (χ0) is 15.4. The summed E-state index contributed by atoms with van der Waals surface area (Å²) in [5.41, 5.74) is 1.07. The van der Waals surface area contributed by atoms with Gasteiger partial charge in [0.25, 0.3) is 0 Å². The number of rotatable bonds is 5. The lowest BCUT2D eigenvalue weighted by Gasteiger charge is -2.34. The van der Waals surface area contributed by atoms with E-state index >= 15 is 0 Å². The van der Waals surface area contributed by atoms with Gasteiger partial charge in [0.05, 0.1) is 15.2 Å². The third-order valence-electron chi connectivity index (χ3n) is 4.29. The van der Waals surface area contributed by atoms with Crippen molar-refractivity contribution in [2.24, 2.45) is 0 Å². The number of aryl methyl sites for hydroxylation is 1. The largest absolute Gasteiger partial charge is 0.340 e. The molecule has 0 spiro atoms. The van der Waals surface area contributed by atoms with Crippen LogP contribution in [0.2, 0.25) is 0 Å². The number of para-hydroxylation sites is 1. The first kappa shape index (κ1) is 15.4. The average molecular weight is 317 g/mol. The molecular weight excluding hydrogens is 294 g/mol. The van der Waals surface area contributed by atoms with Crippen molar-refractivity contribution in [1.82, 2.24) is 14.8 Å². The van der Waals surface area contributed by atoms with Crippen molar-refractivity contribution in [3.05, 3.63) is 29.3 Å². The van der Waals surface area contributed by atoms with Crippen LogP contribution in [-0.4, -0.2) is 53.4 Å². The fourth-order valence-electron chi connectivity index (χ4n) is 2.89. The van der Waals surface area contributed by atoms with Gasteiger partial charge in [-0.15, -0.1) is 11.3 Å². The lowest BCUT2D eigenvalue weighted by Crippen LogP contribution is -2.48. The van der Waals surface area contributed by atoms with Crippen molar-refractivity contribution in [1.29, 1.82) is 0 Å².